The SMILES string of the molecule is Cn1cc(C(NC(=O)N[C@@H]2CCCc3ccc(Cl)cc32)C(F)(F)F)cn1. The second kappa shape index (κ2) is 7.19. The van der Waals surface area contributed by atoms with E-state index in [0.717, 1.165) is 30.2 Å². The number of amides is 2. The van der Waals surface area contributed by atoms with E-state index in [2.05, 4.69) is 10.4 Å². The maximum Gasteiger partial charge on any atom is 0.413 e. The molecule has 1 aromatic carbocycles. The highest BCUT2D eigenvalue weighted by atomic mass is 35.5. The van der Waals surface area contributed by atoms with Crippen LogP contribution in [0, 0.1) is 0 Å². The number of aryl methyl sites for hydroxylation is 2. The summed E-state index contributed by atoms with van der Waals surface area (Å²) in [7, 11) is 1.51. The van der Waals surface area contributed by atoms with Gasteiger partial charge in [-0.15, -0.1) is 0 Å². The molecule has 0 bridgehead atoms. The standard InChI is InChI=1S/C17H18ClF3N4O/c1-25-9-11(8-22-25)15(17(19,20)21)24-16(26)23-14-4-2-3-10-5-6-12(18)7-13(10)14/h5-9,14-15H,2-4H2,1H3,(H2,23,24,26)/t14-,15?/m1/s1. The minimum Gasteiger partial charge on any atom is -0.331 e. The molecule has 0 spiro atoms. The Morgan fingerprint density at radius 1 is 1.42 bits per heavy atom. The first kappa shape index (κ1) is 18.6. The van der Waals surface area contributed by atoms with Crippen molar-refractivity contribution in [2.45, 2.75) is 37.5 Å². The second-order valence-electron chi connectivity index (χ2n) is 6.33. The number of hydrogen-bond acceptors (Lipinski definition) is 2. The number of fused-ring (bicyclic) bond motifs is 1. The molecule has 1 aliphatic carbocycles. The van der Waals surface area contributed by atoms with Gasteiger partial charge in [-0.2, -0.15) is 18.3 Å². The zero-order valence-corrected chi connectivity index (χ0v) is 14.7. The summed E-state index contributed by atoms with van der Waals surface area (Å²) < 4.78 is 41.3. The van der Waals surface area contributed by atoms with Crippen molar-refractivity contribution in [1.82, 2.24) is 20.4 Å². The smallest absolute Gasteiger partial charge is 0.331 e. The van der Waals surface area contributed by atoms with Crippen molar-refractivity contribution in [1.29, 1.82) is 0 Å². The van der Waals surface area contributed by atoms with E-state index in [1.807, 2.05) is 11.4 Å². The normalized spacial score (nSPS) is 18.1. The Morgan fingerprint density at radius 2 is 2.19 bits per heavy atom. The number of rotatable bonds is 3. The fraction of sp³-hybridized carbons (Fsp3) is 0.412. The van der Waals surface area contributed by atoms with E-state index in [9.17, 15) is 18.0 Å². The van der Waals surface area contributed by atoms with Gasteiger partial charge in [0.1, 0.15) is 0 Å². The van der Waals surface area contributed by atoms with Crippen LogP contribution in [0.4, 0.5) is 18.0 Å². The highest BCUT2D eigenvalue weighted by Gasteiger charge is 2.43. The van der Waals surface area contributed by atoms with Crippen molar-refractivity contribution >= 4 is 17.6 Å². The van der Waals surface area contributed by atoms with Crippen LogP contribution in [0.25, 0.3) is 0 Å². The fourth-order valence-corrected chi connectivity index (χ4v) is 3.37. The Morgan fingerprint density at radius 3 is 2.85 bits per heavy atom. The summed E-state index contributed by atoms with van der Waals surface area (Å²) in [5.41, 5.74) is 1.77. The van der Waals surface area contributed by atoms with Crippen LogP contribution >= 0.6 is 11.6 Å². The molecule has 0 aliphatic heterocycles. The average molecular weight is 387 g/mol. The number of carbonyl (C=O) groups excluding carboxylic acids is 1. The minimum atomic E-state index is -4.63. The largest absolute Gasteiger partial charge is 0.413 e. The summed E-state index contributed by atoms with van der Waals surface area (Å²) in [6.45, 7) is 0. The topological polar surface area (TPSA) is 59.0 Å². The summed E-state index contributed by atoms with van der Waals surface area (Å²) >= 11 is 6.02. The van der Waals surface area contributed by atoms with E-state index in [-0.39, 0.29) is 11.6 Å². The quantitative estimate of drug-likeness (QED) is 0.836. The van der Waals surface area contributed by atoms with Gasteiger partial charge < -0.3 is 10.6 Å². The molecule has 0 fully saturated rings. The maximum atomic E-state index is 13.3. The van der Waals surface area contributed by atoms with Crippen LogP contribution in [0.15, 0.2) is 30.6 Å². The number of nitrogens with one attached hydrogen (secondary N) is 2. The summed E-state index contributed by atoms with van der Waals surface area (Å²) in [5.74, 6) is 0. The van der Waals surface area contributed by atoms with Crippen molar-refractivity contribution in [3.8, 4) is 0 Å². The molecular weight excluding hydrogens is 369 g/mol. The van der Waals surface area contributed by atoms with Gasteiger partial charge in [0.15, 0.2) is 6.04 Å². The first-order valence-corrected chi connectivity index (χ1v) is 8.52. The Hall–Kier alpha value is -2.22. The van der Waals surface area contributed by atoms with Gasteiger partial charge in [-0.05, 0) is 42.5 Å². The maximum absolute atomic E-state index is 13.3. The number of nitrogens with zero attached hydrogens (tertiary/aromatic N) is 2. The molecular formula is C17H18ClF3N4O. The lowest BCUT2D eigenvalue weighted by Crippen LogP contribution is -2.45. The van der Waals surface area contributed by atoms with Crippen molar-refractivity contribution in [3.63, 3.8) is 0 Å². The molecule has 0 saturated heterocycles. The number of alkyl halides is 3. The molecule has 1 aliphatic rings. The van der Waals surface area contributed by atoms with Crippen molar-refractivity contribution in [2.24, 2.45) is 7.05 Å². The molecule has 1 heterocycles. The number of hydrogen-bond donors (Lipinski definition) is 2. The third kappa shape index (κ3) is 4.12. The van der Waals surface area contributed by atoms with Crippen molar-refractivity contribution < 1.29 is 18.0 Å². The average Bonchev–Trinajstić information content (AvgIpc) is 2.98. The number of urea groups is 1. The molecule has 2 N–H and O–H groups in total. The first-order valence-electron chi connectivity index (χ1n) is 8.14. The second-order valence-corrected chi connectivity index (χ2v) is 6.76. The Labute approximate surface area is 153 Å². The zero-order valence-electron chi connectivity index (χ0n) is 14.0. The monoisotopic (exact) mass is 386 g/mol. The lowest BCUT2D eigenvalue weighted by Gasteiger charge is -2.28. The fourth-order valence-electron chi connectivity index (χ4n) is 3.19. The molecule has 9 heteroatoms. The van der Waals surface area contributed by atoms with Gasteiger partial charge in [-0.25, -0.2) is 4.79 Å². The number of halogens is 4. The number of carbonyl (C=O) groups is 1. The predicted molar refractivity (Wildman–Crippen MR) is 90.8 cm³/mol. The molecule has 0 radical (unpaired) electrons. The molecule has 3 rings (SSSR count). The summed E-state index contributed by atoms with van der Waals surface area (Å²) in [5, 5.41) is 8.94. The molecule has 2 atom stereocenters. The molecule has 2 aromatic rings. The number of benzene rings is 1. The van der Waals surface area contributed by atoms with Crippen molar-refractivity contribution in [2.75, 3.05) is 0 Å². The van der Waals surface area contributed by atoms with Crippen LogP contribution in [0.2, 0.25) is 5.02 Å². The third-order valence-electron chi connectivity index (χ3n) is 4.39. The van der Waals surface area contributed by atoms with Crippen LogP contribution in [0.1, 0.15) is 41.6 Å². The molecule has 1 aromatic heterocycles. The van der Waals surface area contributed by atoms with Gasteiger partial charge in [-0.1, -0.05) is 17.7 Å². The summed E-state index contributed by atoms with van der Waals surface area (Å²) in [4.78, 5) is 12.3. The highest BCUT2D eigenvalue weighted by Crippen LogP contribution is 2.34. The van der Waals surface area contributed by atoms with Crippen molar-refractivity contribution in [3.05, 3.63) is 52.3 Å². The first-order chi connectivity index (χ1) is 12.2. The minimum absolute atomic E-state index is 0.123. The van der Waals surface area contributed by atoms with Crippen LogP contribution in [-0.4, -0.2) is 22.0 Å². The van der Waals surface area contributed by atoms with Crippen LogP contribution in [-0.2, 0) is 13.5 Å². The summed E-state index contributed by atoms with van der Waals surface area (Å²) in [6.07, 6.45) is 0.0266. The van der Waals surface area contributed by atoms with Crippen LogP contribution in [0.5, 0.6) is 0 Å². The van der Waals surface area contributed by atoms with Gasteiger partial charge in [-0.3, -0.25) is 4.68 Å². The molecule has 1 unspecified atom stereocenters. The van der Waals surface area contributed by atoms with Gasteiger partial charge in [0.2, 0.25) is 0 Å². The van der Waals surface area contributed by atoms with Gasteiger partial charge in [0.05, 0.1) is 12.2 Å². The lowest BCUT2D eigenvalue weighted by atomic mass is 9.88. The van der Waals surface area contributed by atoms with E-state index in [1.54, 1.807) is 12.1 Å². The van der Waals surface area contributed by atoms with Crippen LogP contribution < -0.4 is 10.6 Å². The predicted octanol–water partition coefficient (Wildman–Crippen LogP) is 4.05. The lowest BCUT2D eigenvalue weighted by molar-refractivity contribution is -0.155. The Balaban J connectivity index is 1.75. The van der Waals surface area contributed by atoms with Gasteiger partial charge in [0, 0.05) is 23.8 Å². The molecule has 2 amide bonds. The van der Waals surface area contributed by atoms with E-state index in [1.165, 1.54) is 17.9 Å². The highest BCUT2D eigenvalue weighted by molar-refractivity contribution is 6.30. The summed E-state index contributed by atoms with van der Waals surface area (Å²) in [6, 6.07) is 2.03. The van der Waals surface area contributed by atoms with E-state index in [0.29, 0.717) is 11.4 Å². The molecule has 26 heavy (non-hydrogen) atoms. The molecule has 5 nitrogen and oxygen atoms in total. The zero-order chi connectivity index (χ0) is 18.9. The van der Waals surface area contributed by atoms with Gasteiger partial charge in [0.25, 0.3) is 0 Å². The Kier molecular flexibility index (Phi) is 5.13. The van der Waals surface area contributed by atoms with Crippen LogP contribution in [0.3, 0.4) is 0 Å². The molecule has 140 valence electrons. The van der Waals surface area contributed by atoms with Gasteiger partial charge >= 0.3 is 12.2 Å². The third-order valence-corrected chi connectivity index (χ3v) is 4.62. The van der Waals surface area contributed by atoms with E-state index >= 15 is 0 Å². The Bertz CT molecular complexity index is 806. The molecule has 0 saturated carbocycles. The van der Waals surface area contributed by atoms with E-state index < -0.39 is 18.2 Å². The number of aromatic nitrogens is 2. The van der Waals surface area contributed by atoms with E-state index in [4.69, 9.17) is 11.6 Å².